The molecule has 0 bridgehead atoms. The zero-order chi connectivity index (χ0) is 16.1. The molecule has 0 amide bonds. The largest absolute Gasteiger partial charge is 0.495 e. The van der Waals surface area contributed by atoms with E-state index in [2.05, 4.69) is 20.6 Å². The highest BCUT2D eigenvalue weighted by atomic mass is 16.5. The summed E-state index contributed by atoms with van der Waals surface area (Å²) < 4.78 is 10.6. The van der Waals surface area contributed by atoms with Crippen molar-refractivity contribution in [3.05, 3.63) is 60.3 Å². The van der Waals surface area contributed by atoms with E-state index in [1.54, 1.807) is 13.4 Å². The number of para-hydroxylation sites is 2. The summed E-state index contributed by atoms with van der Waals surface area (Å²) in [5.41, 5.74) is 0.852. The van der Waals surface area contributed by atoms with Gasteiger partial charge in [0.1, 0.15) is 29.0 Å². The summed E-state index contributed by atoms with van der Waals surface area (Å²) in [6, 6.07) is 13.3. The fraction of sp³-hybridized carbons (Fsp3) is 0.176. The number of aromatic nitrogens is 2. The Labute approximate surface area is 134 Å². The summed E-state index contributed by atoms with van der Waals surface area (Å²) in [6.07, 6.45) is 1.65. The molecule has 0 aliphatic heterocycles. The van der Waals surface area contributed by atoms with Gasteiger partial charge in [-0.25, -0.2) is 9.97 Å². The van der Waals surface area contributed by atoms with Crippen LogP contribution in [-0.2, 0) is 6.54 Å². The summed E-state index contributed by atoms with van der Waals surface area (Å²) >= 11 is 0. The molecule has 0 unspecified atom stereocenters. The predicted molar refractivity (Wildman–Crippen MR) is 89.1 cm³/mol. The molecule has 118 valence electrons. The molecular weight excluding hydrogens is 292 g/mol. The highest BCUT2D eigenvalue weighted by molar-refractivity contribution is 5.65. The average molecular weight is 310 g/mol. The molecule has 2 N–H and O–H groups in total. The maximum absolute atomic E-state index is 5.34. The number of furan rings is 1. The molecule has 2 aromatic heterocycles. The lowest BCUT2D eigenvalue weighted by atomic mass is 10.3. The van der Waals surface area contributed by atoms with Crippen molar-refractivity contribution in [2.75, 3.05) is 17.7 Å². The van der Waals surface area contributed by atoms with Crippen LogP contribution in [-0.4, -0.2) is 17.1 Å². The number of hydrogen-bond donors (Lipinski definition) is 2. The zero-order valence-electron chi connectivity index (χ0n) is 13.0. The van der Waals surface area contributed by atoms with Crippen LogP contribution in [0.3, 0.4) is 0 Å². The summed E-state index contributed by atoms with van der Waals surface area (Å²) in [6.45, 7) is 2.42. The summed E-state index contributed by atoms with van der Waals surface area (Å²) in [5, 5.41) is 6.48. The normalized spacial score (nSPS) is 10.3. The second kappa shape index (κ2) is 6.83. The third kappa shape index (κ3) is 3.79. The smallest absolute Gasteiger partial charge is 0.142 e. The zero-order valence-corrected chi connectivity index (χ0v) is 13.0. The lowest BCUT2D eigenvalue weighted by Crippen LogP contribution is -2.05. The van der Waals surface area contributed by atoms with Crippen molar-refractivity contribution in [3.63, 3.8) is 0 Å². The van der Waals surface area contributed by atoms with Gasteiger partial charge < -0.3 is 19.8 Å². The maximum atomic E-state index is 5.34. The SMILES string of the molecule is COc1ccccc1Nc1cc(NCc2ccco2)nc(C)n1. The molecule has 0 aliphatic rings. The van der Waals surface area contributed by atoms with E-state index >= 15 is 0 Å². The Morgan fingerprint density at radius 3 is 2.70 bits per heavy atom. The topological polar surface area (TPSA) is 72.2 Å². The van der Waals surface area contributed by atoms with E-state index < -0.39 is 0 Å². The van der Waals surface area contributed by atoms with Crippen molar-refractivity contribution in [1.29, 1.82) is 0 Å². The molecule has 0 aliphatic carbocycles. The van der Waals surface area contributed by atoms with E-state index in [1.165, 1.54) is 0 Å². The first kappa shape index (κ1) is 14.9. The van der Waals surface area contributed by atoms with Crippen molar-refractivity contribution in [1.82, 2.24) is 9.97 Å². The molecule has 0 atom stereocenters. The molecule has 0 radical (unpaired) electrons. The van der Waals surface area contributed by atoms with Crippen LogP contribution in [0.1, 0.15) is 11.6 Å². The molecule has 0 fully saturated rings. The van der Waals surface area contributed by atoms with Gasteiger partial charge in [-0.1, -0.05) is 12.1 Å². The third-order valence-corrected chi connectivity index (χ3v) is 3.23. The molecule has 6 nitrogen and oxygen atoms in total. The Balaban J connectivity index is 1.77. The van der Waals surface area contributed by atoms with Crippen molar-refractivity contribution in [2.45, 2.75) is 13.5 Å². The monoisotopic (exact) mass is 310 g/mol. The number of anilines is 3. The van der Waals surface area contributed by atoms with Gasteiger partial charge in [-0.15, -0.1) is 0 Å². The number of hydrogen-bond acceptors (Lipinski definition) is 6. The highest BCUT2D eigenvalue weighted by Crippen LogP contribution is 2.26. The van der Waals surface area contributed by atoms with Crippen LogP contribution in [0, 0.1) is 6.92 Å². The summed E-state index contributed by atoms with van der Waals surface area (Å²) in [4.78, 5) is 8.79. The van der Waals surface area contributed by atoms with Crippen LogP contribution < -0.4 is 15.4 Å². The molecule has 23 heavy (non-hydrogen) atoms. The minimum Gasteiger partial charge on any atom is -0.495 e. The molecule has 0 saturated heterocycles. The minimum atomic E-state index is 0.567. The highest BCUT2D eigenvalue weighted by Gasteiger charge is 2.06. The van der Waals surface area contributed by atoms with Crippen molar-refractivity contribution in [3.8, 4) is 5.75 Å². The second-order valence-corrected chi connectivity index (χ2v) is 4.94. The van der Waals surface area contributed by atoms with E-state index in [-0.39, 0.29) is 0 Å². The molecule has 0 saturated carbocycles. The van der Waals surface area contributed by atoms with Gasteiger partial charge in [0.25, 0.3) is 0 Å². The van der Waals surface area contributed by atoms with Crippen molar-refractivity contribution in [2.24, 2.45) is 0 Å². The minimum absolute atomic E-state index is 0.567. The van der Waals surface area contributed by atoms with E-state index in [1.807, 2.05) is 49.4 Å². The predicted octanol–water partition coefficient (Wildman–Crippen LogP) is 3.74. The summed E-state index contributed by atoms with van der Waals surface area (Å²) in [7, 11) is 1.64. The number of nitrogens with one attached hydrogen (secondary N) is 2. The number of ether oxygens (including phenoxy) is 1. The molecule has 3 rings (SSSR count). The molecule has 2 heterocycles. The second-order valence-electron chi connectivity index (χ2n) is 4.94. The fourth-order valence-electron chi connectivity index (χ4n) is 2.20. The number of nitrogens with zero attached hydrogens (tertiary/aromatic N) is 2. The van der Waals surface area contributed by atoms with Gasteiger partial charge in [0.2, 0.25) is 0 Å². The van der Waals surface area contributed by atoms with Gasteiger partial charge in [0.15, 0.2) is 0 Å². The Bertz CT molecular complexity index is 772. The van der Waals surface area contributed by atoms with Gasteiger partial charge in [-0.2, -0.15) is 0 Å². The fourth-order valence-corrected chi connectivity index (χ4v) is 2.20. The Morgan fingerprint density at radius 2 is 1.91 bits per heavy atom. The number of methoxy groups -OCH3 is 1. The van der Waals surface area contributed by atoms with Crippen molar-refractivity contribution < 1.29 is 9.15 Å². The third-order valence-electron chi connectivity index (χ3n) is 3.23. The van der Waals surface area contributed by atoms with E-state index in [9.17, 15) is 0 Å². The van der Waals surface area contributed by atoms with Crippen LogP contribution >= 0.6 is 0 Å². The van der Waals surface area contributed by atoms with E-state index in [0.29, 0.717) is 18.2 Å². The van der Waals surface area contributed by atoms with Gasteiger partial charge >= 0.3 is 0 Å². The van der Waals surface area contributed by atoms with E-state index in [4.69, 9.17) is 9.15 Å². The van der Waals surface area contributed by atoms with Gasteiger partial charge in [0, 0.05) is 6.07 Å². The van der Waals surface area contributed by atoms with Crippen LogP contribution in [0.25, 0.3) is 0 Å². The quantitative estimate of drug-likeness (QED) is 0.722. The first-order valence-corrected chi connectivity index (χ1v) is 7.26. The standard InChI is InChI=1S/C17H18N4O2/c1-12-19-16(18-11-13-6-5-9-23-13)10-17(20-12)21-14-7-3-4-8-15(14)22-2/h3-10H,11H2,1-2H3,(H2,18,19,20,21). The molecule has 3 aromatic rings. The van der Waals surface area contributed by atoms with Gasteiger partial charge in [-0.05, 0) is 31.2 Å². The molecule has 0 spiro atoms. The Hall–Kier alpha value is -3.02. The van der Waals surface area contributed by atoms with Crippen LogP contribution in [0.4, 0.5) is 17.3 Å². The van der Waals surface area contributed by atoms with Gasteiger partial charge in [-0.3, -0.25) is 0 Å². The first-order valence-electron chi connectivity index (χ1n) is 7.26. The first-order chi connectivity index (χ1) is 11.2. The Morgan fingerprint density at radius 1 is 1.09 bits per heavy atom. The average Bonchev–Trinajstić information content (AvgIpc) is 3.06. The summed E-state index contributed by atoms with van der Waals surface area (Å²) in [5.74, 6) is 3.71. The van der Waals surface area contributed by atoms with Gasteiger partial charge in [0.05, 0.1) is 25.6 Å². The maximum Gasteiger partial charge on any atom is 0.142 e. The molecular formula is C17H18N4O2. The van der Waals surface area contributed by atoms with Crippen molar-refractivity contribution >= 4 is 17.3 Å². The van der Waals surface area contributed by atoms with Crippen LogP contribution in [0.15, 0.2) is 53.1 Å². The number of benzene rings is 1. The van der Waals surface area contributed by atoms with E-state index in [0.717, 1.165) is 23.0 Å². The van der Waals surface area contributed by atoms with Crippen LogP contribution in [0.2, 0.25) is 0 Å². The lowest BCUT2D eigenvalue weighted by Gasteiger charge is -2.12. The number of rotatable bonds is 6. The molecule has 6 heteroatoms. The molecule has 1 aromatic carbocycles. The lowest BCUT2D eigenvalue weighted by molar-refractivity contribution is 0.417. The number of aryl methyl sites for hydroxylation is 1. The van der Waals surface area contributed by atoms with Crippen LogP contribution in [0.5, 0.6) is 5.75 Å². The Kier molecular flexibility index (Phi) is 4.42.